The van der Waals surface area contributed by atoms with E-state index in [9.17, 15) is 13.2 Å². The predicted molar refractivity (Wildman–Crippen MR) is 89.7 cm³/mol. The summed E-state index contributed by atoms with van der Waals surface area (Å²) in [5, 5.41) is 0. The molecule has 130 valence electrons. The van der Waals surface area contributed by atoms with Crippen molar-refractivity contribution in [2.24, 2.45) is 0 Å². The minimum Gasteiger partial charge on any atom is -0.493 e. The molecule has 0 unspecified atom stereocenters. The van der Waals surface area contributed by atoms with E-state index < -0.39 is 10.0 Å². The van der Waals surface area contributed by atoms with Gasteiger partial charge < -0.3 is 14.4 Å². The zero-order valence-electron chi connectivity index (χ0n) is 14.0. The summed E-state index contributed by atoms with van der Waals surface area (Å²) in [7, 11) is -0.248. The maximum absolute atomic E-state index is 11.9. The molecule has 0 aliphatic rings. The average Bonchev–Trinajstić information content (AvgIpc) is 2.50. The standard InChI is InChI=1S/C15H24N2O5S/c1-5-10-23(19,20)16-8-9-17(12(2)18)13-6-7-14(21-3)15(11-13)22-4/h6-7,11,16H,5,8-10H2,1-4H3. The molecule has 0 fully saturated rings. The molecule has 1 amide bonds. The molecule has 0 saturated carbocycles. The molecule has 0 radical (unpaired) electrons. The van der Waals surface area contributed by atoms with Gasteiger partial charge in [-0.3, -0.25) is 4.79 Å². The van der Waals surface area contributed by atoms with Gasteiger partial charge in [-0.05, 0) is 18.6 Å². The Hall–Kier alpha value is -1.80. The normalized spacial score (nSPS) is 11.1. The van der Waals surface area contributed by atoms with E-state index in [2.05, 4.69) is 4.72 Å². The van der Waals surface area contributed by atoms with Gasteiger partial charge in [-0.15, -0.1) is 0 Å². The molecule has 0 atom stereocenters. The number of rotatable bonds is 9. The van der Waals surface area contributed by atoms with Crippen LogP contribution in [0.25, 0.3) is 0 Å². The number of sulfonamides is 1. The number of carbonyl (C=O) groups excluding carboxylic acids is 1. The number of anilines is 1. The Morgan fingerprint density at radius 2 is 1.87 bits per heavy atom. The van der Waals surface area contributed by atoms with Gasteiger partial charge in [0.05, 0.1) is 20.0 Å². The summed E-state index contributed by atoms with van der Waals surface area (Å²) in [5.41, 5.74) is 0.616. The van der Waals surface area contributed by atoms with Gasteiger partial charge in [-0.25, -0.2) is 13.1 Å². The van der Waals surface area contributed by atoms with Gasteiger partial charge in [-0.1, -0.05) is 6.92 Å². The molecule has 0 heterocycles. The number of carbonyl (C=O) groups is 1. The average molecular weight is 344 g/mol. The molecular formula is C15H24N2O5S. The van der Waals surface area contributed by atoms with Crippen LogP contribution in [-0.2, 0) is 14.8 Å². The van der Waals surface area contributed by atoms with Crippen LogP contribution in [-0.4, -0.2) is 47.4 Å². The monoisotopic (exact) mass is 344 g/mol. The van der Waals surface area contributed by atoms with Crippen molar-refractivity contribution in [2.45, 2.75) is 20.3 Å². The van der Waals surface area contributed by atoms with Gasteiger partial charge in [0.25, 0.3) is 0 Å². The number of ether oxygens (including phenoxy) is 2. The molecule has 7 nitrogen and oxygen atoms in total. The Morgan fingerprint density at radius 3 is 2.39 bits per heavy atom. The van der Waals surface area contributed by atoms with Crippen molar-refractivity contribution in [3.8, 4) is 11.5 Å². The number of nitrogens with one attached hydrogen (secondary N) is 1. The molecule has 23 heavy (non-hydrogen) atoms. The van der Waals surface area contributed by atoms with E-state index in [-0.39, 0.29) is 24.7 Å². The second-order valence-electron chi connectivity index (χ2n) is 4.92. The molecule has 1 N–H and O–H groups in total. The SMILES string of the molecule is CCCS(=O)(=O)NCCN(C(C)=O)c1ccc(OC)c(OC)c1. The van der Waals surface area contributed by atoms with Crippen LogP contribution in [0.3, 0.4) is 0 Å². The molecule has 0 aliphatic heterocycles. The van der Waals surface area contributed by atoms with E-state index in [4.69, 9.17) is 9.47 Å². The van der Waals surface area contributed by atoms with E-state index >= 15 is 0 Å². The van der Waals surface area contributed by atoms with Gasteiger partial charge in [0.15, 0.2) is 11.5 Å². The van der Waals surface area contributed by atoms with Crippen molar-refractivity contribution in [1.82, 2.24) is 4.72 Å². The smallest absolute Gasteiger partial charge is 0.223 e. The first-order chi connectivity index (χ1) is 10.8. The topological polar surface area (TPSA) is 84.9 Å². The van der Waals surface area contributed by atoms with Crippen LogP contribution in [0.15, 0.2) is 18.2 Å². The molecule has 1 rings (SSSR count). The summed E-state index contributed by atoms with van der Waals surface area (Å²) in [6, 6.07) is 5.11. The quantitative estimate of drug-likeness (QED) is 0.732. The Balaban J connectivity index is 2.85. The molecule has 1 aromatic carbocycles. The Bertz CT molecular complexity index is 631. The van der Waals surface area contributed by atoms with Crippen molar-refractivity contribution in [3.63, 3.8) is 0 Å². The molecular weight excluding hydrogens is 320 g/mol. The van der Waals surface area contributed by atoms with Gasteiger partial charge in [0.2, 0.25) is 15.9 Å². The van der Waals surface area contributed by atoms with Crippen molar-refractivity contribution in [3.05, 3.63) is 18.2 Å². The van der Waals surface area contributed by atoms with Crippen molar-refractivity contribution in [2.75, 3.05) is 38.0 Å². The zero-order valence-corrected chi connectivity index (χ0v) is 14.8. The third-order valence-electron chi connectivity index (χ3n) is 3.19. The summed E-state index contributed by atoms with van der Waals surface area (Å²) >= 11 is 0. The van der Waals surface area contributed by atoms with E-state index in [1.54, 1.807) is 25.1 Å². The first-order valence-electron chi connectivity index (χ1n) is 7.32. The fourth-order valence-electron chi connectivity index (χ4n) is 2.11. The predicted octanol–water partition coefficient (Wildman–Crippen LogP) is 1.39. The summed E-state index contributed by atoms with van der Waals surface area (Å²) in [5.74, 6) is 0.946. The minimum absolute atomic E-state index is 0.0728. The van der Waals surface area contributed by atoms with Gasteiger partial charge in [-0.2, -0.15) is 0 Å². The lowest BCUT2D eigenvalue weighted by Crippen LogP contribution is -2.38. The van der Waals surface area contributed by atoms with Crippen molar-refractivity contribution in [1.29, 1.82) is 0 Å². The van der Waals surface area contributed by atoms with Gasteiger partial charge in [0.1, 0.15) is 0 Å². The molecule has 0 aliphatic carbocycles. The lowest BCUT2D eigenvalue weighted by atomic mass is 10.2. The highest BCUT2D eigenvalue weighted by atomic mass is 32.2. The van der Waals surface area contributed by atoms with Crippen molar-refractivity contribution < 1.29 is 22.7 Å². The first kappa shape index (κ1) is 19.2. The van der Waals surface area contributed by atoms with Gasteiger partial charge >= 0.3 is 0 Å². The van der Waals surface area contributed by atoms with E-state index in [1.165, 1.54) is 26.0 Å². The fourth-order valence-corrected chi connectivity index (χ4v) is 3.20. The summed E-state index contributed by atoms with van der Waals surface area (Å²) in [4.78, 5) is 13.3. The van der Waals surface area contributed by atoms with E-state index in [0.29, 0.717) is 23.6 Å². The number of methoxy groups -OCH3 is 2. The molecule has 0 spiro atoms. The Labute approximate surface area is 137 Å². The Morgan fingerprint density at radius 1 is 1.22 bits per heavy atom. The van der Waals surface area contributed by atoms with Crippen LogP contribution in [0.5, 0.6) is 11.5 Å². The van der Waals surface area contributed by atoms with Crippen LogP contribution < -0.4 is 19.1 Å². The maximum Gasteiger partial charge on any atom is 0.223 e. The van der Waals surface area contributed by atoms with Crippen LogP contribution in [0.1, 0.15) is 20.3 Å². The summed E-state index contributed by atoms with van der Waals surface area (Å²) in [6.45, 7) is 3.60. The van der Waals surface area contributed by atoms with Crippen molar-refractivity contribution >= 4 is 21.6 Å². The lowest BCUT2D eigenvalue weighted by molar-refractivity contribution is -0.116. The number of nitrogens with zero attached hydrogens (tertiary/aromatic N) is 1. The number of hydrogen-bond acceptors (Lipinski definition) is 5. The number of benzene rings is 1. The zero-order chi connectivity index (χ0) is 17.5. The first-order valence-corrected chi connectivity index (χ1v) is 8.97. The van der Waals surface area contributed by atoms with Gasteiger partial charge in [0, 0.05) is 31.8 Å². The number of hydrogen-bond donors (Lipinski definition) is 1. The summed E-state index contributed by atoms with van der Waals surface area (Å²) in [6.07, 6.45) is 0.543. The Kier molecular flexibility index (Phi) is 7.31. The molecule has 0 saturated heterocycles. The highest BCUT2D eigenvalue weighted by molar-refractivity contribution is 7.89. The van der Waals surface area contributed by atoms with Crippen LogP contribution in [0.2, 0.25) is 0 Å². The third-order valence-corrected chi connectivity index (χ3v) is 4.78. The molecule has 1 aromatic rings. The second-order valence-corrected chi connectivity index (χ2v) is 6.85. The van der Waals surface area contributed by atoms with E-state index in [0.717, 1.165) is 0 Å². The second kappa shape index (κ2) is 8.73. The summed E-state index contributed by atoms with van der Waals surface area (Å²) < 4.78 is 36.2. The van der Waals surface area contributed by atoms with Crippen LogP contribution in [0.4, 0.5) is 5.69 Å². The molecule has 0 aromatic heterocycles. The van der Waals surface area contributed by atoms with Crippen LogP contribution in [0, 0.1) is 0 Å². The van der Waals surface area contributed by atoms with E-state index in [1.807, 2.05) is 0 Å². The highest BCUT2D eigenvalue weighted by Gasteiger charge is 2.16. The molecule has 0 bridgehead atoms. The maximum atomic E-state index is 11.9. The highest BCUT2D eigenvalue weighted by Crippen LogP contribution is 2.31. The largest absolute Gasteiger partial charge is 0.493 e. The lowest BCUT2D eigenvalue weighted by Gasteiger charge is -2.22. The fraction of sp³-hybridized carbons (Fsp3) is 0.533. The van der Waals surface area contributed by atoms with Crippen LogP contribution >= 0.6 is 0 Å². The third kappa shape index (κ3) is 5.72. The molecule has 8 heteroatoms. The minimum atomic E-state index is -3.29. The number of amides is 1.